The average Bonchev–Trinajstić information content (AvgIpc) is 3.38. The molecule has 0 aliphatic carbocycles. The highest BCUT2D eigenvalue weighted by Gasteiger charge is 2.27. The van der Waals surface area contributed by atoms with Crippen LogP contribution in [0.5, 0.6) is 11.5 Å². The summed E-state index contributed by atoms with van der Waals surface area (Å²) in [4.78, 5) is 7.15. The fourth-order valence-corrected chi connectivity index (χ4v) is 4.97. The second-order valence-electron chi connectivity index (χ2n) is 7.39. The maximum atomic E-state index is 5.77. The highest BCUT2D eigenvalue weighted by molar-refractivity contribution is 7.09. The van der Waals surface area contributed by atoms with Crippen molar-refractivity contribution in [2.45, 2.75) is 31.8 Å². The summed E-state index contributed by atoms with van der Waals surface area (Å²) in [7, 11) is 1.99. The minimum absolute atomic E-state index is 0.405. The molecule has 146 valence electrons. The molecule has 6 nitrogen and oxygen atoms in total. The predicted molar refractivity (Wildman–Crippen MR) is 109 cm³/mol. The molecule has 2 aliphatic rings. The van der Waals surface area contributed by atoms with Crippen LogP contribution in [0.4, 0.5) is 0 Å². The summed E-state index contributed by atoms with van der Waals surface area (Å²) in [5.74, 6) is 1.62. The lowest BCUT2D eigenvalue weighted by molar-refractivity contribution is 0.140. The van der Waals surface area contributed by atoms with Crippen LogP contribution >= 0.6 is 11.3 Å². The third kappa shape index (κ3) is 3.40. The first kappa shape index (κ1) is 17.7. The summed E-state index contributed by atoms with van der Waals surface area (Å²) in [6.07, 6.45) is 7.73. The molecule has 0 radical (unpaired) electrons. The number of rotatable bonds is 4. The quantitative estimate of drug-likeness (QED) is 0.666. The molecule has 0 bridgehead atoms. The van der Waals surface area contributed by atoms with Crippen molar-refractivity contribution in [3.8, 4) is 22.8 Å². The van der Waals surface area contributed by atoms with E-state index in [-0.39, 0.29) is 0 Å². The second-order valence-corrected chi connectivity index (χ2v) is 8.31. The van der Waals surface area contributed by atoms with Crippen molar-refractivity contribution in [2.75, 3.05) is 19.8 Å². The van der Waals surface area contributed by atoms with Crippen molar-refractivity contribution in [1.29, 1.82) is 0 Å². The minimum Gasteiger partial charge on any atom is -0.486 e. The SMILES string of the molecule is Cn1cc(CN2CCCCC2c2nccs2)c(-c2ccc3c(c2)OCCO3)n1. The summed E-state index contributed by atoms with van der Waals surface area (Å²) >= 11 is 1.76. The molecule has 0 spiro atoms. The molecule has 1 fully saturated rings. The Kier molecular flexibility index (Phi) is 4.78. The normalized spacial score (nSPS) is 19.7. The summed E-state index contributed by atoms with van der Waals surface area (Å²) in [5.41, 5.74) is 3.33. The van der Waals surface area contributed by atoms with Crippen LogP contribution in [0.1, 0.15) is 35.9 Å². The van der Waals surface area contributed by atoms with Gasteiger partial charge in [0.2, 0.25) is 0 Å². The first-order valence-electron chi connectivity index (χ1n) is 9.84. The van der Waals surface area contributed by atoms with Crippen LogP contribution in [-0.2, 0) is 13.6 Å². The van der Waals surface area contributed by atoms with Crippen LogP contribution in [0.3, 0.4) is 0 Å². The molecule has 1 aromatic carbocycles. The van der Waals surface area contributed by atoms with Crippen LogP contribution in [0.2, 0.25) is 0 Å². The van der Waals surface area contributed by atoms with Crippen molar-refractivity contribution in [2.24, 2.45) is 7.05 Å². The van der Waals surface area contributed by atoms with E-state index in [4.69, 9.17) is 14.6 Å². The molecule has 0 N–H and O–H groups in total. The number of thiazole rings is 1. The molecule has 28 heavy (non-hydrogen) atoms. The standard InChI is InChI=1S/C21H24N4O2S/c1-24-13-16(14-25-8-3-2-4-17(25)21-22-7-11-28-21)20(23-24)15-5-6-18-19(12-15)27-10-9-26-18/h5-7,11-13,17H,2-4,8-10,14H2,1H3. The number of hydrogen-bond acceptors (Lipinski definition) is 6. The smallest absolute Gasteiger partial charge is 0.162 e. The lowest BCUT2D eigenvalue weighted by atomic mass is 10.0. The van der Waals surface area contributed by atoms with E-state index < -0.39 is 0 Å². The molecule has 2 aromatic heterocycles. The summed E-state index contributed by atoms with van der Waals surface area (Å²) in [6.45, 7) is 3.17. The zero-order chi connectivity index (χ0) is 18.9. The zero-order valence-electron chi connectivity index (χ0n) is 16.0. The third-order valence-corrected chi connectivity index (χ3v) is 6.32. The first-order valence-corrected chi connectivity index (χ1v) is 10.7. The maximum Gasteiger partial charge on any atom is 0.162 e. The Hall–Kier alpha value is -2.38. The van der Waals surface area contributed by atoms with Crippen LogP contribution in [0.15, 0.2) is 36.0 Å². The van der Waals surface area contributed by atoms with E-state index in [0.717, 1.165) is 35.8 Å². The Morgan fingerprint density at radius 2 is 2.07 bits per heavy atom. The van der Waals surface area contributed by atoms with E-state index in [1.807, 2.05) is 24.0 Å². The number of benzene rings is 1. The molecular formula is C21H24N4O2S. The first-order chi connectivity index (χ1) is 13.8. The largest absolute Gasteiger partial charge is 0.486 e. The van der Waals surface area contributed by atoms with Gasteiger partial charge in [0.15, 0.2) is 11.5 Å². The molecule has 1 atom stereocenters. The van der Waals surface area contributed by atoms with Crippen molar-refractivity contribution in [1.82, 2.24) is 19.7 Å². The van der Waals surface area contributed by atoms with Crippen LogP contribution in [0.25, 0.3) is 11.3 Å². The summed E-state index contributed by atoms with van der Waals surface area (Å²) in [6, 6.07) is 6.52. The Morgan fingerprint density at radius 1 is 1.18 bits per heavy atom. The fraction of sp³-hybridized carbons (Fsp3) is 0.429. The maximum absolute atomic E-state index is 5.77. The third-order valence-electron chi connectivity index (χ3n) is 5.44. The van der Waals surface area contributed by atoms with E-state index in [2.05, 4.69) is 33.6 Å². The number of likely N-dealkylation sites (tertiary alicyclic amines) is 1. The van der Waals surface area contributed by atoms with E-state index in [9.17, 15) is 0 Å². The Balaban J connectivity index is 1.45. The van der Waals surface area contributed by atoms with Gasteiger partial charge in [-0.2, -0.15) is 5.10 Å². The topological polar surface area (TPSA) is 52.4 Å². The Bertz CT molecular complexity index is 953. The van der Waals surface area contributed by atoms with Crippen LogP contribution in [0, 0.1) is 0 Å². The number of aryl methyl sites for hydroxylation is 1. The van der Waals surface area contributed by atoms with Gasteiger partial charge in [0.05, 0.1) is 11.7 Å². The van der Waals surface area contributed by atoms with E-state index in [1.54, 1.807) is 11.3 Å². The number of aromatic nitrogens is 3. The zero-order valence-corrected chi connectivity index (χ0v) is 16.8. The van der Waals surface area contributed by atoms with Gasteiger partial charge in [0.1, 0.15) is 18.2 Å². The van der Waals surface area contributed by atoms with Crippen LogP contribution < -0.4 is 9.47 Å². The van der Waals surface area contributed by atoms with Crippen molar-refractivity contribution < 1.29 is 9.47 Å². The Morgan fingerprint density at radius 3 is 2.93 bits per heavy atom. The molecular weight excluding hydrogens is 372 g/mol. The van der Waals surface area contributed by atoms with Crippen molar-refractivity contribution >= 4 is 11.3 Å². The van der Waals surface area contributed by atoms with Gasteiger partial charge in [0.25, 0.3) is 0 Å². The predicted octanol–water partition coefficient (Wildman–Crippen LogP) is 4.04. The molecule has 7 heteroatoms. The van der Waals surface area contributed by atoms with Crippen LogP contribution in [-0.4, -0.2) is 39.4 Å². The number of nitrogens with zero attached hydrogens (tertiary/aromatic N) is 4. The molecule has 0 saturated carbocycles. The lowest BCUT2D eigenvalue weighted by Gasteiger charge is -2.34. The number of piperidine rings is 1. The molecule has 0 amide bonds. The van der Waals surface area contributed by atoms with Gasteiger partial charge in [-0.05, 0) is 37.6 Å². The monoisotopic (exact) mass is 396 g/mol. The number of hydrogen-bond donors (Lipinski definition) is 0. The summed E-state index contributed by atoms with van der Waals surface area (Å²) < 4.78 is 13.3. The molecule has 1 saturated heterocycles. The van der Waals surface area contributed by atoms with Gasteiger partial charge < -0.3 is 9.47 Å². The van der Waals surface area contributed by atoms with Gasteiger partial charge in [0, 0.05) is 42.5 Å². The lowest BCUT2D eigenvalue weighted by Crippen LogP contribution is -2.32. The Labute approximate surface area is 168 Å². The fourth-order valence-electron chi connectivity index (χ4n) is 4.16. The van der Waals surface area contributed by atoms with Crippen molar-refractivity contribution in [3.63, 3.8) is 0 Å². The van der Waals surface area contributed by atoms with E-state index in [0.29, 0.717) is 19.3 Å². The van der Waals surface area contributed by atoms with Gasteiger partial charge >= 0.3 is 0 Å². The average molecular weight is 397 g/mol. The molecule has 4 heterocycles. The number of ether oxygens (including phenoxy) is 2. The second kappa shape index (κ2) is 7.56. The minimum atomic E-state index is 0.405. The molecule has 3 aromatic rings. The summed E-state index contributed by atoms with van der Waals surface area (Å²) in [5, 5.41) is 8.07. The highest BCUT2D eigenvalue weighted by Crippen LogP contribution is 2.37. The molecule has 2 aliphatic heterocycles. The number of fused-ring (bicyclic) bond motifs is 1. The molecule has 1 unspecified atom stereocenters. The van der Waals surface area contributed by atoms with Crippen molar-refractivity contribution in [3.05, 3.63) is 46.5 Å². The van der Waals surface area contributed by atoms with Gasteiger partial charge in [-0.1, -0.05) is 6.42 Å². The van der Waals surface area contributed by atoms with E-state index >= 15 is 0 Å². The van der Waals surface area contributed by atoms with E-state index in [1.165, 1.54) is 29.8 Å². The van der Waals surface area contributed by atoms with Gasteiger partial charge in [-0.3, -0.25) is 9.58 Å². The van der Waals surface area contributed by atoms with Gasteiger partial charge in [-0.15, -0.1) is 11.3 Å². The molecule has 5 rings (SSSR count). The highest BCUT2D eigenvalue weighted by atomic mass is 32.1. The van der Waals surface area contributed by atoms with Gasteiger partial charge in [-0.25, -0.2) is 4.98 Å².